The van der Waals surface area contributed by atoms with Crippen molar-refractivity contribution in [2.24, 2.45) is 23.7 Å². The molecule has 0 radical (unpaired) electrons. The average molecular weight is 751 g/mol. The lowest BCUT2D eigenvalue weighted by molar-refractivity contribution is 0.0426. The SMILES string of the molecule is CC1CC2CC(C)C3(c4cc(C#N)ccc4-c4ccc(-c5cccc6c5C(C)(C)c5c(-c7nc(-c8ccccc8)nc(-c8ccccc8)n7)cccc5-6)cc43)C(C1)C2. The fourth-order valence-electron chi connectivity index (χ4n) is 12.4. The highest BCUT2D eigenvalue weighted by molar-refractivity contribution is 5.93. The van der Waals surface area contributed by atoms with Crippen molar-refractivity contribution in [1.82, 2.24) is 15.0 Å². The molecule has 4 aliphatic rings. The topological polar surface area (TPSA) is 62.5 Å². The Labute approximate surface area is 341 Å². The highest BCUT2D eigenvalue weighted by Crippen LogP contribution is 2.65. The molecule has 4 heteroatoms. The van der Waals surface area contributed by atoms with Gasteiger partial charge in [-0.1, -0.05) is 143 Å². The minimum absolute atomic E-state index is 0.103. The summed E-state index contributed by atoms with van der Waals surface area (Å²) in [4.78, 5) is 15.4. The first-order chi connectivity index (χ1) is 28.2. The largest absolute Gasteiger partial charge is 0.208 e. The van der Waals surface area contributed by atoms with Crippen LogP contribution in [0.2, 0.25) is 0 Å². The summed E-state index contributed by atoms with van der Waals surface area (Å²) in [5.41, 5.74) is 16.5. The summed E-state index contributed by atoms with van der Waals surface area (Å²) in [7, 11) is 0. The van der Waals surface area contributed by atoms with E-state index < -0.39 is 0 Å². The van der Waals surface area contributed by atoms with Crippen LogP contribution >= 0.6 is 0 Å². The summed E-state index contributed by atoms with van der Waals surface area (Å²) in [6.45, 7) is 9.73. The number of hydrogen-bond donors (Lipinski definition) is 0. The van der Waals surface area contributed by atoms with E-state index in [9.17, 15) is 5.26 Å². The van der Waals surface area contributed by atoms with Gasteiger partial charge in [0.15, 0.2) is 17.5 Å². The zero-order valence-electron chi connectivity index (χ0n) is 33.6. The third-order valence-electron chi connectivity index (χ3n) is 14.4. The van der Waals surface area contributed by atoms with Crippen LogP contribution in [0.3, 0.4) is 0 Å². The monoisotopic (exact) mass is 750 g/mol. The summed E-state index contributed by atoms with van der Waals surface area (Å²) in [6, 6.07) is 50.3. The molecule has 5 atom stereocenters. The van der Waals surface area contributed by atoms with Crippen LogP contribution in [-0.4, -0.2) is 15.0 Å². The van der Waals surface area contributed by atoms with E-state index in [0.717, 1.165) is 28.2 Å². The second-order valence-electron chi connectivity index (χ2n) is 18.1. The van der Waals surface area contributed by atoms with E-state index in [1.165, 1.54) is 81.3 Å². The van der Waals surface area contributed by atoms with Crippen molar-refractivity contribution in [3.63, 3.8) is 0 Å². The Balaban J connectivity index is 1.08. The number of hydrogen-bond acceptors (Lipinski definition) is 4. The molecule has 4 nitrogen and oxygen atoms in total. The van der Waals surface area contributed by atoms with E-state index in [4.69, 9.17) is 15.0 Å². The van der Waals surface area contributed by atoms with Gasteiger partial charge >= 0.3 is 0 Å². The molecule has 4 aliphatic carbocycles. The van der Waals surface area contributed by atoms with Crippen LogP contribution in [0.15, 0.2) is 133 Å². The molecule has 1 heterocycles. The Bertz CT molecular complexity index is 2770. The molecule has 2 bridgehead atoms. The van der Waals surface area contributed by atoms with Crippen LogP contribution < -0.4 is 0 Å². The molecule has 6 aromatic carbocycles. The van der Waals surface area contributed by atoms with Crippen molar-refractivity contribution in [2.75, 3.05) is 0 Å². The van der Waals surface area contributed by atoms with Crippen LogP contribution in [0.5, 0.6) is 0 Å². The van der Waals surface area contributed by atoms with E-state index in [1.54, 1.807) is 0 Å². The molecule has 1 aromatic heterocycles. The van der Waals surface area contributed by atoms with Crippen molar-refractivity contribution in [3.8, 4) is 73.6 Å². The lowest BCUT2D eigenvalue weighted by Crippen LogP contribution is -2.49. The first kappa shape index (κ1) is 35.0. The molecule has 0 aliphatic heterocycles. The maximum absolute atomic E-state index is 10.1. The Morgan fingerprint density at radius 3 is 1.74 bits per heavy atom. The molecular formula is C54H46N4. The van der Waals surface area contributed by atoms with E-state index in [-0.39, 0.29) is 10.8 Å². The lowest BCUT2D eigenvalue weighted by Gasteiger charge is -2.54. The Kier molecular flexibility index (Phi) is 7.80. The van der Waals surface area contributed by atoms with E-state index in [0.29, 0.717) is 35.2 Å². The normalized spacial score (nSPS) is 23.1. The quantitative estimate of drug-likeness (QED) is 0.180. The molecule has 58 heavy (non-hydrogen) atoms. The third kappa shape index (κ3) is 5.02. The van der Waals surface area contributed by atoms with Gasteiger partial charge in [-0.2, -0.15) is 5.26 Å². The van der Waals surface area contributed by atoms with Gasteiger partial charge in [0.25, 0.3) is 0 Å². The van der Waals surface area contributed by atoms with Crippen LogP contribution in [0.1, 0.15) is 81.2 Å². The van der Waals surface area contributed by atoms with Crippen LogP contribution in [0, 0.1) is 35.0 Å². The van der Waals surface area contributed by atoms with Crippen molar-refractivity contribution >= 4 is 0 Å². The third-order valence-corrected chi connectivity index (χ3v) is 14.4. The number of rotatable bonds is 4. The molecular weight excluding hydrogens is 705 g/mol. The van der Waals surface area contributed by atoms with Gasteiger partial charge in [0, 0.05) is 27.5 Å². The molecule has 7 aromatic rings. The maximum atomic E-state index is 10.1. The number of fused-ring (bicyclic) bond motifs is 11. The smallest absolute Gasteiger partial charge is 0.164 e. The minimum atomic E-state index is -0.351. The summed E-state index contributed by atoms with van der Waals surface area (Å²) >= 11 is 0. The zero-order valence-corrected chi connectivity index (χ0v) is 33.6. The lowest BCUT2D eigenvalue weighted by atomic mass is 9.49. The molecule has 11 rings (SSSR count). The Morgan fingerprint density at radius 2 is 1.09 bits per heavy atom. The molecule has 0 amide bonds. The highest BCUT2D eigenvalue weighted by Gasteiger charge is 2.57. The van der Waals surface area contributed by atoms with Gasteiger partial charge in [-0.05, 0) is 123 Å². The van der Waals surface area contributed by atoms with Gasteiger partial charge in [-0.15, -0.1) is 0 Å². The average Bonchev–Trinajstić information content (AvgIpc) is 3.68. The van der Waals surface area contributed by atoms with Gasteiger partial charge in [0.05, 0.1) is 11.6 Å². The van der Waals surface area contributed by atoms with Crippen LogP contribution in [0.4, 0.5) is 0 Å². The molecule has 2 fully saturated rings. The van der Waals surface area contributed by atoms with Gasteiger partial charge in [-0.3, -0.25) is 0 Å². The second-order valence-corrected chi connectivity index (χ2v) is 18.1. The van der Waals surface area contributed by atoms with Gasteiger partial charge in [0.1, 0.15) is 0 Å². The molecule has 5 unspecified atom stereocenters. The maximum Gasteiger partial charge on any atom is 0.164 e. The zero-order chi connectivity index (χ0) is 39.3. The number of benzene rings is 6. The van der Waals surface area contributed by atoms with Gasteiger partial charge in [-0.25, -0.2) is 15.0 Å². The Morgan fingerprint density at radius 1 is 0.517 bits per heavy atom. The molecule has 1 spiro atoms. The fourth-order valence-corrected chi connectivity index (χ4v) is 12.4. The van der Waals surface area contributed by atoms with Gasteiger partial charge < -0.3 is 0 Å². The predicted molar refractivity (Wildman–Crippen MR) is 234 cm³/mol. The van der Waals surface area contributed by atoms with Crippen molar-refractivity contribution < 1.29 is 0 Å². The summed E-state index contributed by atoms with van der Waals surface area (Å²) in [6.07, 6.45) is 5.09. The van der Waals surface area contributed by atoms with Crippen molar-refractivity contribution in [2.45, 2.75) is 64.2 Å². The molecule has 0 N–H and O–H groups in total. The van der Waals surface area contributed by atoms with E-state index >= 15 is 0 Å². The van der Waals surface area contributed by atoms with Crippen molar-refractivity contribution in [1.29, 1.82) is 5.26 Å². The number of nitrogens with zero attached hydrogens (tertiary/aromatic N) is 4. The summed E-state index contributed by atoms with van der Waals surface area (Å²) < 4.78 is 0. The molecule has 0 saturated heterocycles. The highest BCUT2D eigenvalue weighted by atomic mass is 15.0. The number of aromatic nitrogens is 3. The van der Waals surface area contributed by atoms with Gasteiger partial charge in [0.2, 0.25) is 0 Å². The fraction of sp³-hybridized carbons (Fsp3) is 0.259. The minimum Gasteiger partial charge on any atom is -0.208 e. The van der Waals surface area contributed by atoms with E-state index in [2.05, 4.69) is 125 Å². The first-order valence-corrected chi connectivity index (χ1v) is 21.1. The summed E-state index contributed by atoms with van der Waals surface area (Å²) in [5, 5.41) is 10.1. The second kappa shape index (κ2) is 12.9. The van der Waals surface area contributed by atoms with Crippen LogP contribution in [0.25, 0.3) is 67.5 Å². The number of nitriles is 1. The standard InChI is InChI=1S/C54H46N4/c1-32-25-35-27-33(2)54(39(26-32)28-35)46-29-34(31-55)21-23-41(46)42-24-22-38(30-47(42)54)40-17-11-18-43-44-19-12-20-45(49(44)53(3,4)48(40)43)52-57-50(36-13-7-5-8-14-36)56-51(58-52)37-15-9-6-10-16-37/h5-24,29-30,32-33,35,39H,25-28H2,1-4H3. The predicted octanol–water partition coefficient (Wildman–Crippen LogP) is 13.1. The summed E-state index contributed by atoms with van der Waals surface area (Å²) in [5.74, 6) is 4.56. The van der Waals surface area contributed by atoms with E-state index in [1.807, 2.05) is 42.5 Å². The Hall–Kier alpha value is -6.18. The first-order valence-electron chi connectivity index (χ1n) is 21.1. The molecule has 282 valence electrons. The molecule has 2 saturated carbocycles. The van der Waals surface area contributed by atoms with Crippen LogP contribution in [-0.2, 0) is 10.8 Å². The van der Waals surface area contributed by atoms with Crippen molar-refractivity contribution in [3.05, 3.63) is 161 Å².